The molecule has 2 rings (SSSR count). The van der Waals surface area contributed by atoms with E-state index in [-0.39, 0.29) is 0 Å². The summed E-state index contributed by atoms with van der Waals surface area (Å²) >= 11 is 0. The first-order valence-electron chi connectivity index (χ1n) is 8.78. The largest absolute Gasteiger partial charge is 0.354 e. The molecule has 0 unspecified atom stereocenters. The summed E-state index contributed by atoms with van der Waals surface area (Å²) in [7, 11) is 4.17. The van der Waals surface area contributed by atoms with Crippen molar-refractivity contribution in [2.75, 3.05) is 32.5 Å². The molecule has 4 heteroatoms. The zero-order chi connectivity index (χ0) is 17.5. The average molecular weight is 326 g/mol. The van der Waals surface area contributed by atoms with E-state index in [1.165, 1.54) is 11.1 Å². The third kappa shape index (κ3) is 5.31. The lowest BCUT2D eigenvalue weighted by Gasteiger charge is -2.16. The fraction of sp³-hybridized carbons (Fsp3) is 0.500. The standard InChI is InChI=1S/C20H30N4/c1-15(2)16(3)17-8-6-9-18(12-17)19-13-22-20(23-14-19)21-10-7-11-24(4)5/h6,8-9,12-16H,7,10-11H2,1-5H3,(H,21,22,23)/t16-/m1/s1. The van der Waals surface area contributed by atoms with Crippen LogP contribution in [0.15, 0.2) is 36.7 Å². The van der Waals surface area contributed by atoms with Gasteiger partial charge in [0.2, 0.25) is 5.95 Å². The summed E-state index contributed by atoms with van der Waals surface area (Å²) in [4.78, 5) is 11.1. The predicted octanol–water partition coefficient (Wildman–Crippen LogP) is 4.27. The van der Waals surface area contributed by atoms with E-state index in [9.17, 15) is 0 Å². The minimum Gasteiger partial charge on any atom is -0.354 e. The Labute approximate surface area is 146 Å². The van der Waals surface area contributed by atoms with Crippen LogP contribution < -0.4 is 5.32 Å². The second kappa shape index (κ2) is 8.78. The van der Waals surface area contributed by atoms with Gasteiger partial charge in [0.25, 0.3) is 0 Å². The third-order valence-electron chi connectivity index (χ3n) is 4.46. The summed E-state index contributed by atoms with van der Waals surface area (Å²) in [6.07, 6.45) is 4.88. The van der Waals surface area contributed by atoms with Crippen molar-refractivity contribution in [2.24, 2.45) is 5.92 Å². The SMILES string of the molecule is CC(C)[C@@H](C)c1cccc(-c2cnc(NCCCN(C)C)nc2)c1. The second-order valence-corrected chi connectivity index (χ2v) is 7.04. The molecular formula is C20H30N4. The molecular weight excluding hydrogens is 296 g/mol. The smallest absolute Gasteiger partial charge is 0.222 e. The second-order valence-electron chi connectivity index (χ2n) is 7.04. The first-order chi connectivity index (χ1) is 11.5. The Morgan fingerprint density at radius 3 is 2.38 bits per heavy atom. The predicted molar refractivity (Wildman–Crippen MR) is 102 cm³/mol. The van der Waals surface area contributed by atoms with Crippen molar-refractivity contribution >= 4 is 5.95 Å². The van der Waals surface area contributed by atoms with Gasteiger partial charge in [-0.2, -0.15) is 0 Å². The summed E-state index contributed by atoms with van der Waals surface area (Å²) in [5.41, 5.74) is 3.61. The first kappa shape index (κ1) is 18.4. The fourth-order valence-corrected chi connectivity index (χ4v) is 2.55. The molecule has 4 nitrogen and oxygen atoms in total. The molecule has 1 N–H and O–H groups in total. The van der Waals surface area contributed by atoms with Gasteiger partial charge in [-0.05, 0) is 50.0 Å². The molecule has 0 aliphatic rings. The molecule has 0 spiro atoms. The minimum absolute atomic E-state index is 0.545. The Morgan fingerprint density at radius 2 is 1.75 bits per heavy atom. The molecule has 24 heavy (non-hydrogen) atoms. The molecule has 0 saturated heterocycles. The van der Waals surface area contributed by atoms with Gasteiger partial charge < -0.3 is 10.2 Å². The monoisotopic (exact) mass is 326 g/mol. The molecule has 0 amide bonds. The Bertz CT molecular complexity index is 620. The van der Waals surface area contributed by atoms with Gasteiger partial charge in [-0.3, -0.25) is 0 Å². The number of anilines is 1. The van der Waals surface area contributed by atoms with Gasteiger partial charge in [-0.25, -0.2) is 9.97 Å². The molecule has 130 valence electrons. The van der Waals surface area contributed by atoms with Crippen LogP contribution in [-0.2, 0) is 0 Å². The molecule has 1 aromatic heterocycles. The van der Waals surface area contributed by atoms with Crippen molar-refractivity contribution in [2.45, 2.75) is 33.1 Å². The molecule has 1 heterocycles. The van der Waals surface area contributed by atoms with Crippen LogP contribution in [0.5, 0.6) is 0 Å². The summed E-state index contributed by atoms with van der Waals surface area (Å²) in [5, 5.41) is 3.27. The maximum Gasteiger partial charge on any atom is 0.222 e. The zero-order valence-corrected chi connectivity index (χ0v) is 15.6. The number of aromatic nitrogens is 2. The lowest BCUT2D eigenvalue weighted by molar-refractivity contribution is 0.405. The van der Waals surface area contributed by atoms with Crippen molar-refractivity contribution < 1.29 is 0 Å². The highest BCUT2D eigenvalue weighted by Gasteiger charge is 2.11. The number of nitrogens with zero attached hydrogens (tertiary/aromatic N) is 3. The fourth-order valence-electron chi connectivity index (χ4n) is 2.55. The number of nitrogens with one attached hydrogen (secondary N) is 1. The van der Waals surface area contributed by atoms with Gasteiger partial charge in [0.05, 0.1) is 0 Å². The van der Waals surface area contributed by atoms with Crippen LogP contribution in [0.4, 0.5) is 5.95 Å². The lowest BCUT2D eigenvalue weighted by Crippen LogP contribution is -2.16. The highest BCUT2D eigenvalue weighted by Crippen LogP contribution is 2.27. The van der Waals surface area contributed by atoms with Gasteiger partial charge >= 0.3 is 0 Å². The Balaban J connectivity index is 2.01. The molecule has 0 saturated carbocycles. The van der Waals surface area contributed by atoms with Crippen LogP contribution in [0, 0.1) is 5.92 Å². The average Bonchev–Trinajstić information content (AvgIpc) is 2.58. The van der Waals surface area contributed by atoms with E-state index in [0.717, 1.165) is 25.1 Å². The van der Waals surface area contributed by atoms with Crippen LogP contribution in [-0.4, -0.2) is 42.1 Å². The molecule has 0 radical (unpaired) electrons. The van der Waals surface area contributed by atoms with E-state index in [0.29, 0.717) is 17.8 Å². The van der Waals surface area contributed by atoms with Gasteiger partial charge in [-0.1, -0.05) is 45.0 Å². The number of hydrogen-bond acceptors (Lipinski definition) is 4. The Hall–Kier alpha value is -1.94. The van der Waals surface area contributed by atoms with Crippen LogP contribution in [0.3, 0.4) is 0 Å². The number of hydrogen-bond donors (Lipinski definition) is 1. The van der Waals surface area contributed by atoms with E-state index in [1.807, 2.05) is 12.4 Å². The third-order valence-corrected chi connectivity index (χ3v) is 4.46. The van der Waals surface area contributed by atoms with E-state index < -0.39 is 0 Å². The van der Waals surface area contributed by atoms with Crippen molar-refractivity contribution in [3.8, 4) is 11.1 Å². The zero-order valence-electron chi connectivity index (χ0n) is 15.6. The summed E-state index contributed by atoms with van der Waals surface area (Å²) in [5.74, 6) is 1.87. The molecule has 0 fully saturated rings. The van der Waals surface area contributed by atoms with E-state index in [2.05, 4.69) is 79.3 Å². The highest BCUT2D eigenvalue weighted by atomic mass is 15.1. The van der Waals surface area contributed by atoms with Gasteiger partial charge in [-0.15, -0.1) is 0 Å². The van der Waals surface area contributed by atoms with Crippen LogP contribution in [0.2, 0.25) is 0 Å². The van der Waals surface area contributed by atoms with Crippen molar-refractivity contribution in [3.05, 3.63) is 42.2 Å². The lowest BCUT2D eigenvalue weighted by atomic mass is 9.89. The number of benzene rings is 1. The Kier molecular flexibility index (Phi) is 6.73. The van der Waals surface area contributed by atoms with E-state index in [4.69, 9.17) is 0 Å². The highest BCUT2D eigenvalue weighted by molar-refractivity contribution is 5.63. The summed E-state index contributed by atoms with van der Waals surface area (Å²) in [6, 6.07) is 8.71. The number of rotatable bonds is 8. The summed E-state index contributed by atoms with van der Waals surface area (Å²) < 4.78 is 0. The topological polar surface area (TPSA) is 41.1 Å². The molecule has 1 atom stereocenters. The van der Waals surface area contributed by atoms with Crippen LogP contribution >= 0.6 is 0 Å². The molecule has 0 bridgehead atoms. The van der Waals surface area contributed by atoms with Crippen LogP contribution in [0.25, 0.3) is 11.1 Å². The minimum atomic E-state index is 0.545. The molecule has 0 aliphatic carbocycles. The van der Waals surface area contributed by atoms with Gasteiger partial charge in [0.1, 0.15) is 0 Å². The molecule has 2 aromatic rings. The van der Waals surface area contributed by atoms with E-state index >= 15 is 0 Å². The maximum atomic E-state index is 4.45. The first-order valence-corrected chi connectivity index (χ1v) is 8.78. The van der Waals surface area contributed by atoms with Crippen molar-refractivity contribution in [1.29, 1.82) is 0 Å². The molecule has 1 aromatic carbocycles. The summed E-state index contributed by atoms with van der Waals surface area (Å²) in [6.45, 7) is 8.75. The quantitative estimate of drug-likeness (QED) is 0.736. The Morgan fingerprint density at radius 1 is 1.04 bits per heavy atom. The van der Waals surface area contributed by atoms with Crippen molar-refractivity contribution in [1.82, 2.24) is 14.9 Å². The van der Waals surface area contributed by atoms with Gasteiger partial charge in [0.15, 0.2) is 0 Å². The maximum absolute atomic E-state index is 4.45. The van der Waals surface area contributed by atoms with Crippen LogP contribution in [0.1, 0.15) is 38.7 Å². The normalized spacial score (nSPS) is 12.6. The van der Waals surface area contributed by atoms with Crippen molar-refractivity contribution in [3.63, 3.8) is 0 Å². The van der Waals surface area contributed by atoms with E-state index in [1.54, 1.807) is 0 Å². The van der Waals surface area contributed by atoms with Gasteiger partial charge in [0, 0.05) is 24.5 Å². The molecule has 0 aliphatic heterocycles.